The van der Waals surface area contributed by atoms with E-state index in [-0.39, 0.29) is 12.6 Å². The first-order valence-electron chi connectivity index (χ1n) is 6.47. The Labute approximate surface area is 121 Å². The minimum absolute atomic E-state index is 0.0289. The maximum Gasteiger partial charge on any atom is 0.323 e. The van der Waals surface area contributed by atoms with E-state index >= 15 is 0 Å². The van der Waals surface area contributed by atoms with E-state index in [9.17, 15) is 9.59 Å². The van der Waals surface area contributed by atoms with Crippen LogP contribution >= 0.6 is 11.3 Å². The largest absolute Gasteiger partial charge is 0.480 e. The predicted molar refractivity (Wildman–Crippen MR) is 76.1 cm³/mol. The number of urea groups is 1. The highest BCUT2D eigenvalue weighted by Gasteiger charge is 2.20. The number of thiazole rings is 1. The quantitative estimate of drug-likeness (QED) is 0.872. The van der Waals surface area contributed by atoms with Gasteiger partial charge in [-0.2, -0.15) is 0 Å². The van der Waals surface area contributed by atoms with Crippen molar-refractivity contribution in [2.24, 2.45) is 0 Å². The SMILES string of the molecule is Cc1csc(NC(=O)N2CCCN(CC(=O)O)CC2)n1. The van der Waals surface area contributed by atoms with Gasteiger partial charge >= 0.3 is 12.0 Å². The molecule has 1 aromatic rings. The van der Waals surface area contributed by atoms with Crippen LogP contribution in [-0.4, -0.2) is 64.6 Å². The Bertz CT molecular complexity index is 491. The number of anilines is 1. The van der Waals surface area contributed by atoms with Crippen molar-refractivity contribution in [3.05, 3.63) is 11.1 Å². The first-order valence-corrected chi connectivity index (χ1v) is 7.35. The second kappa shape index (κ2) is 6.67. The molecule has 1 aliphatic heterocycles. The topological polar surface area (TPSA) is 85.8 Å². The number of hydrogen-bond acceptors (Lipinski definition) is 5. The monoisotopic (exact) mass is 298 g/mol. The Morgan fingerprint density at radius 1 is 1.40 bits per heavy atom. The molecule has 2 amide bonds. The summed E-state index contributed by atoms with van der Waals surface area (Å²) in [6.45, 7) is 4.35. The van der Waals surface area contributed by atoms with Crippen molar-refractivity contribution in [2.75, 3.05) is 38.0 Å². The fourth-order valence-corrected chi connectivity index (χ4v) is 2.78. The number of amides is 2. The van der Waals surface area contributed by atoms with Crippen molar-refractivity contribution in [3.63, 3.8) is 0 Å². The first-order chi connectivity index (χ1) is 9.54. The van der Waals surface area contributed by atoms with E-state index < -0.39 is 5.97 Å². The molecule has 2 heterocycles. The molecule has 8 heteroatoms. The summed E-state index contributed by atoms with van der Waals surface area (Å²) in [7, 11) is 0. The van der Waals surface area contributed by atoms with Crippen molar-refractivity contribution in [2.45, 2.75) is 13.3 Å². The Kier molecular flexibility index (Phi) is 4.91. The molecular weight excluding hydrogens is 280 g/mol. The van der Waals surface area contributed by atoms with Gasteiger partial charge in [-0.1, -0.05) is 0 Å². The van der Waals surface area contributed by atoms with Crippen molar-refractivity contribution in [3.8, 4) is 0 Å². The van der Waals surface area contributed by atoms with Gasteiger partial charge in [0.15, 0.2) is 5.13 Å². The zero-order valence-corrected chi connectivity index (χ0v) is 12.2. The van der Waals surface area contributed by atoms with Crippen LogP contribution in [0.4, 0.5) is 9.93 Å². The Morgan fingerprint density at radius 3 is 2.85 bits per heavy atom. The molecule has 110 valence electrons. The van der Waals surface area contributed by atoms with E-state index in [2.05, 4.69) is 10.3 Å². The van der Waals surface area contributed by atoms with Gasteiger partial charge in [0, 0.05) is 31.6 Å². The predicted octanol–water partition coefficient (Wildman–Crippen LogP) is 1.08. The number of aryl methyl sites for hydroxylation is 1. The van der Waals surface area contributed by atoms with Crippen molar-refractivity contribution in [1.82, 2.24) is 14.8 Å². The highest BCUT2D eigenvalue weighted by Crippen LogP contribution is 2.15. The van der Waals surface area contributed by atoms with E-state index in [0.717, 1.165) is 12.1 Å². The zero-order valence-electron chi connectivity index (χ0n) is 11.3. The number of nitrogens with zero attached hydrogens (tertiary/aromatic N) is 3. The van der Waals surface area contributed by atoms with E-state index in [1.807, 2.05) is 17.2 Å². The third-order valence-electron chi connectivity index (χ3n) is 3.07. The molecule has 0 saturated carbocycles. The number of carbonyl (C=O) groups is 2. The summed E-state index contributed by atoms with van der Waals surface area (Å²) in [4.78, 5) is 30.6. The summed E-state index contributed by atoms with van der Waals surface area (Å²) in [6.07, 6.45) is 0.775. The third-order valence-corrected chi connectivity index (χ3v) is 3.94. The van der Waals surface area contributed by atoms with E-state index in [1.165, 1.54) is 11.3 Å². The van der Waals surface area contributed by atoms with E-state index in [1.54, 1.807) is 4.90 Å². The lowest BCUT2D eigenvalue weighted by Gasteiger charge is -2.20. The molecule has 0 bridgehead atoms. The first kappa shape index (κ1) is 14.7. The Hall–Kier alpha value is -1.67. The maximum absolute atomic E-state index is 12.1. The Morgan fingerprint density at radius 2 is 2.20 bits per heavy atom. The normalized spacial score (nSPS) is 16.8. The number of carboxylic acid groups (broad SMARTS) is 1. The second-order valence-electron chi connectivity index (χ2n) is 4.73. The lowest BCUT2D eigenvalue weighted by Crippen LogP contribution is -2.38. The number of hydrogen-bond donors (Lipinski definition) is 2. The van der Waals surface area contributed by atoms with Gasteiger partial charge in [-0.05, 0) is 13.3 Å². The summed E-state index contributed by atoms with van der Waals surface area (Å²) >= 11 is 1.40. The lowest BCUT2D eigenvalue weighted by atomic mass is 10.4. The van der Waals surface area contributed by atoms with Crippen molar-refractivity contribution >= 4 is 28.5 Å². The fraction of sp³-hybridized carbons (Fsp3) is 0.583. The molecule has 1 saturated heterocycles. The highest BCUT2D eigenvalue weighted by molar-refractivity contribution is 7.13. The molecular formula is C12H18N4O3S. The summed E-state index contributed by atoms with van der Waals surface area (Å²) in [5, 5.41) is 14.0. The average molecular weight is 298 g/mol. The number of nitrogens with one attached hydrogen (secondary N) is 1. The van der Waals surface area contributed by atoms with Gasteiger partial charge in [0.1, 0.15) is 0 Å². The van der Waals surface area contributed by atoms with E-state index in [0.29, 0.717) is 31.3 Å². The molecule has 2 rings (SSSR count). The standard InChI is InChI=1S/C12H18N4O3S/c1-9-8-20-11(13-9)14-12(19)16-4-2-3-15(5-6-16)7-10(17)18/h8H,2-7H2,1H3,(H,17,18)(H,13,14,19). The van der Waals surface area contributed by atoms with Gasteiger partial charge in [0.05, 0.1) is 12.2 Å². The number of aliphatic carboxylic acids is 1. The molecule has 0 spiro atoms. The summed E-state index contributed by atoms with van der Waals surface area (Å²) in [5.41, 5.74) is 0.883. The van der Waals surface area contributed by atoms with Gasteiger partial charge < -0.3 is 10.0 Å². The maximum atomic E-state index is 12.1. The van der Waals surface area contributed by atoms with Gasteiger partial charge in [0.2, 0.25) is 0 Å². The minimum atomic E-state index is -0.832. The van der Waals surface area contributed by atoms with Gasteiger partial charge in [-0.3, -0.25) is 15.0 Å². The van der Waals surface area contributed by atoms with Crippen molar-refractivity contribution in [1.29, 1.82) is 0 Å². The second-order valence-corrected chi connectivity index (χ2v) is 5.59. The smallest absolute Gasteiger partial charge is 0.323 e. The molecule has 1 aliphatic rings. The fourth-order valence-electron chi connectivity index (χ4n) is 2.11. The van der Waals surface area contributed by atoms with Crippen LogP contribution in [0.15, 0.2) is 5.38 Å². The van der Waals surface area contributed by atoms with Gasteiger partial charge in [-0.25, -0.2) is 9.78 Å². The zero-order chi connectivity index (χ0) is 14.5. The van der Waals surface area contributed by atoms with Crippen molar-refractivity contribution < 1.29 is 14.7 Å². The number of aromatic nitrogens is 1. The number of carboxylic acids is 1. The molecule has 1 aromatic heterocycles. The Balaban J connectivity index is 1.86. The molecule has 20 heavy (non-hydrogen) atoms. The third kappa shape index (κ3) is 4.17. The van der Waals surface area contributed by atoms with E-state index in [4.69, 9.17) is 5.11 Å². The molecule has 0 aromatic carbocycles. The van der Waals surface area contributed by atoms with Gasteiger partial charge in [0.25, 0.3) is 0 Å². The molecule has 0 radical (unpaired) electrons. The molecule has 2 N–H and O–H groups in total. The molecule has 0 unspecified atom stereocenters. The van der Waals surface area contributed by atoms with Crippen LogP contribution in [0.1, 0.15) is 12.1 Å². The average Bonchev–Trinajstić information content (AvgIpc) is 2.64. The summed E-state index contributed by atoms with van der Waals surface area (Å²) in [5.74, 6) is -0.832. The summed E-state index contributed by atoms with van der Waals surface area (Å²) in [6, 6.07) is -0.170. The molecule has 7 nitrogen and oxygen atoms in total. The highest BCUT2D eigenvalue weighted by atomic mass is 32.1. The summed E-state index contributed by atoms with van der Waals surface area (Å²) < 4.78 is 0. The minimum Gasteiger partial charge on any atom is -0.480 e. The number of carbonyl (C=O) groups excluding carboxylic acids is 1. The van der Waals surface area contributed by atoms with Crippen LogP contribution < -0.4 is 5.32 Å². The van der Waals surface area contributed by atoms with Crippen LogP contribution in [0.5, 0.6) is 0 Å². The van der Waals surface area contributed by atoms with Crippen LogP contribution in [0.2, 0.25) is 0 Å². The lowest BCUT2D eigenvalue weighted by molar-refractivity contribution is -0.138. The van der Waals surface area contributed by atoms with Crippen LogP contribution in [0.3, 0.4) is 0 Å². The van der Waals surface area contributed by atoms with Crippen LogP contribution in [0.25, 0.3) is 0 Å². The molecule has 0 atom stereocenters. The van der Waals surface area contributed by atoms with Crippen LogP contribution in [-0.2, 0) is 4.79 Å². The number of rotatable bonds is 3. The van der Waals surface area contributed by atoms with Crippen LogP contribution in [0, 0.1) is 6.92 Å². The van der Waals surface area contributed by atoms with Gasteiger partial charge in [-0.15, -0.1) is 11.3 Å². The molecule has 1 fully saturated rings. The molecule has 0 aliphatic carbocycles.